The fraction of sp³-hybridized carbons (Fsp3) is 0.582. The Balaban J connectivity index is 0. The quantitative estimate of drug-likeness (QED) is 0.211. The van der Waals surface area contributed by atoms with E-state index in [1.54, 1.807) is 22.3 Å². The van der Waals surface area contributed by atoms with E-state index in [0.717, 1.165) is 32.1 Å². The maximum atomic E-state index is 2.41. The second-order valence-corrected chi connectivity index (χ2v) is 24.5. The van der Waals surface area contributed by atoms with Gasteiger partial charge in [-0.25, -0.2) is 0 Å². The largest absolute Gasteiger partial charge is 0.0802 e. The molecule has 0 bridgehead atoms. The molecule has 0 amide bonds. The Morgan fingerprint density at radius 2 is 0.522 bits per heavy atom. The van der Waals surface area contributed by atoms with Gasteiger partial charge in [-0.05, 0) is 126 Å². The van der Waals surface area contributed by atoms with Crippen LogP contribution in [0.25, 0.3) is 11.1 Å². The summed E-state index contributed by atoms with van der Waals surface area (Å²) in [5.41, 5.74) is 22.8. The lowest BCUT2D eigenvalue weighted by atomic mass is 9.84. The zero-order chi connectivity index (χ0) is 50.5. The van der Waals surface area contributed by atoms with Gasteiger partial charge in [0.25, 0.3) is 0 Å². The average molecular weight is 916 g/mol. The van der Waals surface area contributed by atoms with E-state index in [2.05, 4.69) is 237 Å². The van der Waals surface area contributed by atoms with Gasteiger partial charge in [-0.1, -0.05) is 297 Å². The Morgan fingerprint density at radius 1 is 0.313 bits per heavy atom. The Kier molecular flexibility index (Phi) is 26.3. The Bertz CT molecular complexity index is 1860. The molecule has 7 rings (SSSR count). The first kappa shape index (κ1) is 65.4. The molecule has 0 heteroatoms. The van der Waals surface area contributed by atoms with E-state index in [0.29, 0.717) is 21.7 Å². The van der Waals surface area contributed by atoms with Gasteiger partial charge >= 0.3 is 0 Å². The first-order chi connectivity index (χ1) is 29.7. The molecular weight excluding hydrogens is 805 g/mol. The standard InChI is InChI=1S/C21H26.4C10H16.2C2H6.2CH4/c1-20(2,3)16-7-9-18-14(12-16)11-15-13-17(21(4,5)6)8-10-19(15)18;4*1-8-6-5-7-9(8)10(2,3)4;2*1-2;;/h7-10,12-13H,11H2,1-6H3;4*5-6H,7H2,1-4H3;2*1-2H3;2*1H4. The number of hydrogen-bond donors (Lipinski definition) is 0. The number of benzene rings is 2. The summed E-state index contributed by atoms with van der Waals surface area (Å²) in [4.78, 5) is 0. The van der Waals surface area contributed by atoms with Crippen LogP contribution < -0.4 is 0 Å². The summed E-state index contributed by atoms with van der Waals surface area (Å²) in [6.07, 6.45) is 23.6. The third kappa shape index (κ3) is 20.1. The van der Waals surface area contributed by atoms with Crippen molar-refractivity contribution in [1.82, 2.24) is 0 Å². The van der Waals surface area contributed by atoms with Crippen LogP contribution in [0.4, 0.5) is 0 Å². The smallest absolute Gasteiger partial charge is 0.00132 e. The molecule has 0 spiro atoms. The van der Waals surface area contributed by atoms with Crippen molar-refractivity contribution in [3.8, 4) is 11.1 Å². The van der Waals surface area contributed by atoms with Gasteiger partial charge in [0, 0.05) is 0 Å². The molecule has 0 radical (unpaired) electrons. The van der Waals surface area contributed by atoms with Crippen LogP contribution >= 0.6 is 0 Å². The molecule has 0 saturated heterocycles. The molecule has 5 aliphatic rings. The van der Waals surface area contributed by atoms with Gasteiger partial charge < -0.3 is 0 Å². The van der Waals surface area contributed by atoms with Crippen LogP contribution in [-0.4, -0.2) is 0 Å². The first-order valence-electron chi connectivity index (χ1n) is 25.5. The van der Waals surface area contributed by atoms with E-state index in [1.165, 1.54) is 55.7 Å². The van der Waals surface area contributed by atoms with E-state index in [9.17, 15) is 0 Å². The van der Waals surface area contributed by atoms with Crippen LogP contribution in [0.15, 0.2) is 130 Å². The molecular formula is C67H110. The number of allylic oxidation sites excluding steroid dienone is 16. The lowest BCUT2D eigenvalue weighted by Crippen LogP contribution is -2.11. The van der Waals surface area contributed by atoms with E-state index < -0.39 is 0 Å². The van der Waals surface area contributed by atoms with Gasteiger partial charge in [0.15, 0.2) is 0 Å². The summed E-state index contributed by atoms with van der Waals surface area (Å²) in [5.74, 6) is 0. The highest BCUT2D eigenvalue weighted by Crippen LogP contribution is 2.41. The van der Waals surface area contributed by atoms with E-state index >= 15 is 0 Å². The van der Waals surface area contributed by atoms with Gasteiger partial charge in [-0.15, -0.1) is 0 Å². The molecule has 2 aromatic carbocycles. The minimum Gasteiger partial charge on any atom is -0.0802 e. The zero-order valence-corrected chi connectivity index (χ0v) is 47.6. The van der Waals surface area contributed by atoms with Crippen molar-refractivity contribution in [2.45, 2.75) is 238 Å². The predicted molar refractivity (Wildman–Crippen MR) is 312 cm³/mol. The zero-order valence-electron chi connectivity index (χ0n) is 47.6. The normalized spacial score (nSPS) is 15.8. The van der Waals surface area contributed by atoms with Crippen LogP contribution in [0.2, 0.25) is 0 Å². The van der Waals surface area contributed by atoms with Crippen molar-refractivity contribution in [3.05, 3.63) is 152 Å². The van der Waals surface area contributed by atoms with Crippen molar-refractivity contribution in [2.24, 2.45) is 21.7 Å². The molecule has 0 atom stereocenters. The van der Waals surface area contributed by atoms with Crippen LogP contribution in [-0.2, 0) is 17.3 Å². The third-order valence-electron chi connectivity index (χ3n) is 12.9. The molecule has 5 aliphatic carbocycles. The van der Waals surface area contributed by atoms with Crippen molar-refractivity contribution >= 4 is 0 Å². The molecule has 67 heavy (non-hydrogen) atoms. The van der Waals surface area contributed by atoms with Crippen LogP contribution in [0.3, 0.4) is 0 Å². The van der Waals surface area contributed by atoms with Crippen molar-refractivity contribution in [1.29, 1.82) is 0 Å². The Hall–Kier alpha value is -3.64. The highest BCUT2D eigenvalue weighted by molar-refractivity contribution is 5.77. The van der Waals surface area contributed by atoms with E-state index in [-0.39, 0.29) is 25.7 Å². The van der Waals surface area contributed by atoms with Crippen LogP contribution in [0.1, 0.15) is 243 Å². The first-order valence-corrected chi connectivity index (χ1v) is 25.5. The molecule has 378 valence electrons. The summed E-state index contributed by atoms with van der Waals surface area (Å²) in [5, 5.41) is 0. The number of fused-ring (bicyclic) bond motifs is 3. The van der Waals surface area contributed by atoms with Gasteiger partial charge in [-0.3, -0.25) is 0 Å². The fourth-order valence-corrected chi connectivity index (χ4v) is 9.19. The minimum atomic E-state index is 0. The van der Waals surface area contributed by atoms with E-state index in [1.807, 2.05) is 27.7 Å². The van der Waals surface area contributed by atoms with Gasteiger partial charge in [0.1, 0.15) is 0 Å². The number of hydrogen-bond acceptors (Lipinski definition) is 0. The van der Waals surface area contributed by atoms with E-state index in [4.69, 9.17) is 0 Å². The third-order valence-corrected chi connectivity index (χ3v) is 12.9. The summed E-state index contributed by atoms with van der Waals surface area (Å²) in [7, 11) is 0. The summed E-state index contributed by atoms with van der Waals surface area (Å²) < 4.78 is 0. The molecule has 0 heterocycles. The van der Waals surface area contributed by atoms with Crippen molar-refractivity contribution in [3.63, 3.8) is 0 Å². The Morgan fingerprint density at radius 3 is 0.657 bits per heavy atom. The molecule has 0 aliphatic heterocycles. The van der Waals surface area contributed by atoms with Gasteiger partial charge in [0.2, 0.25) is 0 Å². The van der Waals surface area contributed by atoms with Gasteiger partial charge in [0.05, 0.1) is 0 Å². The van der Waals surface area contributed by atoms with Crippen molar-refractivity contribution < 1.29 is 0 Å². The summed E-state index contributed by atoms with van der Waals surface area (Å²) >= 11 is 0. The molecule has 0 aromatic heterocycles. The molecule has 0 saturated carbocycles. The summed E-state index contributed by atoms with van der Waals surface area (Å²) in [6.45, 7) is 57.8. The second kappa shape index (κ2) is 26.9. The highest BCUT2D eigenvalue weighted by atomic mass is 14.3. The van der Waals surface area contributed by atoms with Crippen LogP contribution in [0, 0.1) is 21.7 Å². The molecule has 0 fully saturated rings. The lowest BCUT2D eigenvalue weighted by Gasteiger charge is -2.21. The molecule has 0 nitrogen and oxygen atoms in total. The lowest BCUT2D eigenvalue weighted by molar-refractivity contribution is 0.492. The minimum absolute atomic E-state index is 0. The van der Waals surface area contributed by atoms with Crippen LogP contribution in [0.5, 0.6) is 0 Å². The Labute approximate surface area is 420 Å². The SMILES string of the molecule is C.C.CC.CC.CC(C)(C)c1ccc2c(c1)Cc1cc(C(C)(C)C)ccc1-2.CC1=C(C(C)(C)C)CC=C1.CC1=C(C(C)(C)C)CC=C1.CC1=C(C(C)(C)C)CC=C1.CC1=C(C(C)(C)C)CC=C1. The highest BCUT2D eigenvalue weighted by Gasteiger charge is 2.25. The summed E-state index contributed by atoms with van der Waals surface area (Å²) in [6, 6.07) is 14.0. The average Bonchev–Trinajstić information content (AvgIpc) is 4.03. The topological polar surface area (TPSA) is 0 Å². The van der Waals surface area contributed by atoms with Crippen molar-refractivity contribution in [2.75, 3.05) is 0 Å². The number of rotatable bonds is 0. The molecule has 0 unspecified atom stereocenters. The maximum absolute atomic E-state index is 2.41. The molecule has 0 N–H and O–H groups in total. The maximum Gasteiger partial charge on any atom is -0.00132 e. The second-order valence-electron chi connectivity index (χ2n) is 24.5. The van der Waals surface area contributed by atoms with Gasteiger partial charge in [-0.2, -0.15) is 0 Å². The molecule has 2 aromatic rings. The fourth-order valence-electron chi connectivity index (χ4n) is 9.19. The monoisotopic (exact) mass is 915 g/mol. The predicted octanol–water partition coefficient (Wildman–Crippen LogP) is 22.4.